The molecule has 0 spiro atoms. The maximum atomic E-state index is 14.9. The number of hydrogen-bond acceptors (Lipinski definition) is 15. The van der Waals surface area contributed by atoms with Gasteiger partial charge < -0.3 is 54.5 Å². The molecule has 1 amide bonds. The van der Waals surface area contributed by atoms with Crippen LogP contribution in [0.3, 0.4) is 0 Å². The lowest BCUT2D eigenvalue weighted by Crippen LogP contribution is -2.81. The summed E-state index contributed by atoms with van der Waals surface area (Å²) in [5.41, 5.74) is -8.14. The molecular weight excluding hydrogens is 810 g/mol. The van der Waals surface area contributed by atoms with Crippen molar-refractivity contribution in [1.29, 1.82) is 0 Å². The summed E-state index contributed by atoms with van der Waals surface area (Å²) < 4.78 is 29.5. The van der Waals surface area contributed by atoms with Gasteiger partial charge in [0.1, 0.15) is 35.6 Å². The van der Waals surface area contributed by atoms with E-state index in [1.165, 1.54) is 26.0 Å². The smallest absolute Gasteiger partial charge is 0.408 e. The molecule has 0 aromatic heterocycles. The van der Waals surface area contributed by atoms with Gasteiger partial charge in [0.2, 0.25) is 0 Å². The number of ether oxygens (including phenoxy) is 5. The molecule has 17 heteroatoms. The molecule has 3 aliphatic carbocycles. The number of nitrogens with one attached hydrogen (secondary N) is 1. The molecule has 4 aliphatic rings. The average molecular weight is 868 g/mol. The largest absolute Gasteiger partial charge is 0.481 e. The first-order valence-electron chi connectivity index (χ1n) is 20.3. The van der Waals surface area contributed by atoms with Crippen LogP contribution in [0.2, 0.25) is 0 Å². The predicted octanol–water partition coefficient (Wildman–Crippen LogP) is 3.35. The topological polar surface area (TPSA) is 262 Å². The Kier molecular flexibility index (Phi) is 13.5. The Morgan fingerprint density at radius 1 is 0.919 bits per heavy atom. The van der Waals surface area contributed by atoms with Crippen LogP contribution in [0.25, 0.3) is 0 Å². The Hall–Kier alpha value is -5.20. The minimum atomic E-state index is -2.35. The fourth-order valence-corrected chi connectivity index (χ4v) is 9.56. The number of carbonyl (C=O) groups is 6. The van der Waals surface area contributed by atoms with E-state index >= 15 is 0 Å². The van der Waals surface area contributed by atoms with Crippen LogP contribution in [0.15, 0.2) is 71.8 Å². The van der Waals surface area contributed by atoms with Gasteiger partial charge in [-0.15, -0.1) is 0 Å². The number of rotatable bonds is 8. The van der Waals surface area contributed by atoms with Gasteiger partial charge in [0.15, 0.2) is 17.5 Å². The summed E-state index contributed by atoms with van der Waals surface area (Å²) in [5.74, 6) is -6.20. The van der Waals surface area contributed by atoms with Crippen molar-refractivity contribution in [2.45, 2.75) is 135 Å². The third kappa shape index (κ3) is 8.73. The highest BCUT2D eigenvalue weighted by Crippen LogP contribution is 2.64. The highest BCUT2D eigenvalue weighted by atomic mass is 16.6. The number of carboxylic acids is 1. The fourth-order valence-electron chi connectivity index (χ4n) is 9.56. The third-order valence-electron chi connectivity index (χ3n) is 12.6. The number of alkyl carbamates (subject to hydrolysis) is 1. The molecule has 1 saturated heterocycles. The van der Waals surface area contributed by atoms with Crippen LogP contribution in [-0.4, -0.2) is 121 Å². The standard InChI is InChI=1S/C43H53NO14.C2H4O2/c1-22-26(55-37(51)32(48)30(24-15-11-9-12-16-24)44-38(52)58-39(3,4)5)20-43(53)35(56-36(50)25-17-13-10-14-18-25)33-41(8,34(49)31(47)29(22)40(43,6)7)27(46)19-28-42(33,21-54-28)57-23(2)45;1-2(3)4/h9-18,26-28,30-33,35,46-48,53H,19-21H2,1-8H3,(H,44,52);1H3,(H,3,4)/t26-,27-,28+,30-,31+,32+,33-,35-,41+,42-,43+;/m0./s1. The van der Waals surface area contributed by atoms with Gasteiger partial charge in [-0.2, -0.15) is 0 Å². The fraction of sp³-hybridized carbons (Fsp3) is 0.556. The van der Waals surface area contributed by atoms with Crippen molar-refractivity contribution in [3.8, 4) is 0 Å². The first-order valence-corrected chi connectivity index (χ1v) is 20.3. The molecule has 17 nitrogen and oxygen atoms in total. The maximum Gasteiger partial charge on any atom is 0.408 e. The second kappa shape index (κ2) is 17.5. The second-order valence-electron chi connectivity index (χ2n) is 18.1. The van der Waals surface area contributed by atoms with Crippen LogP contribution < -0.4 is 5.32 Å². The van der Waals surface area contributed by atoms with Gasteiger partial charge in [0.05, 0.1) is 35.6 Å². The van der Waals surface area contributed by atoms with Crippen LogP contribution in [0, 0.1) is 16.7 Å². The molecule has 1 heterocycles. The lowest BCUT2D eigenvalue weighted by Gasteiger charge is -2.67. The summed E-state index contributed by atoms with van der Waals surface area (Å²) in [6.07, 6.45) is -11.5. The summed E-state index contributed by atoms with van der Waals surface area (Å²) >= 11 is 0. The molecule has 0 unspecified atom stereocenters. The Morgan fingerprint density at radius 3 is 2.00 bits per heavy atom. The zero-order valence-electron chi connectivity index (χ0n) is 36.2. The molecule has 338 valence electrons. The van der Waals surface area contributed by atoms with E-state index < -0.39 is 118 Å². The number of fused-ring (bicyclic) bond motifs is 5. The van der Waals surface area contributed by atoms with Crippen molar-refractivity contribution < 1.29 is 78.0 Å². The summed E-state index contributed by atoms with van der Waals surface area (Å²) in [6, 6.07) is 14.6. The normalized spacial score (nSPS) is 31.9. The van der Waals surface area contributed by atoms with Crippen molar-refractivity contribution in [2.24, 2.45) is 16.7 Å². The SMILES string of the molecule is CC(=O)O.CC(=O)O[C@@]12CO[C@@H]1C[C@H](O)[C@@]1(C)C(=O)[C@H](O)C3=C(C)[C@@H](OC(=O)[C@H](O)[C@@H](NC(=O)OC(C)(C)C)c4ccccc4)C[C@@](O)([C@@H](OC(=O)c4ccccc4)[C@H]21)C3(C)C. The summed E-state index contributed by atoms with van der Waals surface area (Å²) in [7, 11) is 0. The molecule has 62 heavy (non-hydrogen) atoms. The predicted molar refractivity (Wildman–Crippen MR) is 217 cm³/mol. The van der Waals surface area contributed by atoms with Crippen LogP contribution in [0.1, 0.15) is 97.1 Å². The third-order valence-corrected chi connectivity index (χ3v) is 12.6. The van der Waals surface area contributed by atoms with Crippen molar-refractivity contribution >= 4 is 35.8 Å². The van der Waals surface area contributed by atoms with E-state index in [1.807, 2.05) is 0 Å². The first kappa shape index (κ1) is 47.8. The minimum Gasteiger partial charge on any atom is -0.481 e. The van der Waals surface area contributed by atoms with E-state index in [4.69, 9.17) is 33.6 Å². The van der Waals surface area contributed by atoms with Gasteiger partial charge in [-0.1, -0.05) is 62.4 Å². The number of carboxylic acid groups (broad SMARTS) is 1. The molecule has 1 aliphatic heterocycles. The molecule has 6 N–H and O–H groups in total. The molecule has 2 aromatic carbocycles. The van der Waals surface area contributed by atoms with Gasteiger partial charge in [-0.3, -0.25) is 14.4 Å². The number of ketones is 1. The Labute approximate surface area is 359 Å². The van der Waals surface area contributed by atoms with E-state index in [-0.39, 0.29) is 29.7 Å². The first-order chi connectivity index (χ1) is 28.7. The minimum absolute atomic E-state index is 0.0637. The van der Waals surface area contributed by atoms with Crippen molar-refractivity contribution in [2.75, 3.05) is 6.61 Å². The summed E-state index contributed by atoms with van der Waals surface area (Å²) in [6.45, 7) is 12.9. The van der Waals surface area contributed by atoms with Crippen LogP contribution in [-0.2, 0) is 42.9 Å². The van der Waals surface area contributed by atoms with Gasteiger partial charge >= 0.3 is 24.0 Å². The number of esters is 3. The number of amides is 1. The molecule has 2 bridgehead atoms. The zero-order chi connectivity index (χ0) is 46.3. The number of Topliss-reactive ketones (excluding diaryl/α,β-unsaturated/α-hetero) is 1. The lowest BCUT2D eigenvalue weighted by atomic mass is 9.44. The number of carbonyl (C=O) groups excluding carboxylic acids is 5. The van der Waals surface area contributed by atoms with Gasteiger partial charge in [0, 0.05) is 32.1 Å². The molecule has 0 radical (unpaired) electrons. The van der Waals surface area contributed by atoms with Gasteiger partial charge in [-0.05, 0) is 63.5 Å². The molecule has 3 fully saturated rings. The van der Waals surface area contributed by atoms with E-state index in [0.717, 1.165) is 13.8 Å². The van der Waals surface area contributed by atoms with Crippen LogP contribution >= 0.6 is 0 Å². The summed E-state index contributed by atoms with van der Waals surface area (Å²) in [5, 5.41) is 59.0. The Morgan fingerprint density at radius 2 is 1.48 bits per heavy atom. The lowest BCUT2D eigenvalue weighted by molar-refractivity contribution is -0.346. The van der Waals surface area contributed by atoms with E-state index in [9.17, 15) is 44.4 Å². The zero-order valence-corrected chi connectivity index (χ0v) is 36.2. The van der Waals surface area contributed by atoms with Crippen molar-refractivity contribution in [3.05, 3.63) is 82.9 Å². The molecule has 2 aromatic rings. The van der Waals surface area contributed by atoms with Crippen molar-refractivity contribution in [3.63, 3.8) is 0 Å². The quantitative estimate of drug-likeness (QED) is 0.126. The second-order valence-corrected chi connectivity index (χ2v) is 18.1. The monoisotopic (exact) mass is 867 g/mol. The Bertz CT molecular complexity index is 2080. The highest BCUT2D eigenvalue weighted by molar-refractivity contribution is 5.94. The molecular formula is C45H57NO16. The number of aliphatic hydroxyl groups is 4. The number of hydrogen-bond donors (Lipinski definition) is 6. The molecule has 2 saturated carbocycles. The van der Waals surface area contributed by atoms with E-state index in [0.29, 0.717) is 5.56 Å². The van der Waals surface area contributed by atoms with Crippen LogP contribution in [0.5, 0.6) is 0 Å². The molecule has 11 atom stereocenters. The van der Waals surface area contributed by atoms with E-state index in [1.54, 1.807) is 83.1 Å². The number of benzene rings is 2. The van der Waals surface area contributed by atoms with E-state index in [2.05, 4.69) is 5.32 Å². The number of aliphatic carboxylic acids is 1. The van der Waals surface area contributed by atoms with Gasteiger partial charge in [0.25, 0.3) is 5.97 Å². The number of aliphatic hydroxyl groups excluding tert-OH is 3. The highest BCUT2D eigenvalue weighted by Gasteiger charge is 2.78. The Balaban J connectivity index is 0.00000174. The average Bonchev–Trinajstić information content (AvgIpc) is 3.17. The maximum absolute atomic E-state index is 14.9. The summed E-state index contributed by atoms with van der Waals surface area (Å²) in [4.78, 5) is 77.9. The van der Waals surface area contributed by atoms with Crippen molar-refractivity contribution in [1.82, 2.24) is 5.32 Å². The molecule has 6 rings (SSSR count). The van der Waals surface area contributed by atoms with Crippen LogP contribution in [0.4, 0.5) is 4.79 Å². The van der Waals surface area contributed by atoms with Gasteiger partial charge in [-0.25, -0.2) is 14.4 Å².